The summed E-state index contributed by atoms with van der Waals surface area (Å²) < 4.78 is 9.30. The van der Waals surface area contributed by atoms with Crippen molar-refractivity contribution in [1.82, 2.24) is 9.36 Å². The number of aromatic nitrogens is 2. The Hall–Kier alpha value is -2.13. The van der Waals surface area contributed by atoms with Gasteiger partial charge in [0.05, 0.1) is 19.2 Å². The third kappa shape index (κ3) is 2.41. The maximum atomic E-state index is 9.04. The number of anilines is 1. The maximum Gasteiger partial charge on any atom is 0.229 e. The van der Waals surface area contributed by atoms with E-state index in [4.69, 9.17) is 10.00 Å². The van der Waals surface area contributed by atoms with Crippen molar-refractivity contribution < 1.29 is 4.74 Å². The quantitative estimate of drug-likeness (QED) is 0.842. The molecule has 2 heterocycles. The third-order valence-electron chi connectivity index (χ3n) is 2.47. The molecule has 0 bridgehead atoms. The number of nitrogens with zero attached hydrogens (tertiary/aromatic N) is 4. The van der Waals surface area contributed by atoms with E-state index in [2.05, 4.69) is 15.4 Å². The lowest BCUT2D eigenvalue weighted by molar-refractivity contribution is 0.397. The number of hydrogen-bond donors (Lipinski definition) is 0. The van der Waals surface area contributed by atoms with Crippen LogP contribution in [0.25, 0.3) is 0 Å². The summed E-state index contributed by atoms with van der Waals surface area (Å²) in [6.45, 7) is 0.603. The summed E-state index contributed by atoms with van der Waals surface area (Å²) in [4.78, 5) is 6.14. The highest BCUT2D eigenvalue weighted by Gasteiger charge is 2.12. The van der Waals surface area contributed by atoms with Gasteiger partial charge in [0.1, 0.15) is 11.9 Å². The van der Waals surface area contributed by atoms with E-state index < -0.39 is 0 Å². The molecule has 0 aromatic carbocycles. The van der Waals surface area contributed by atoms with Crippen molar-refractivity contribution in [2.24, 2.45) is 0 Å². The van der Waals surface area contributed by atoms with Gasteiger partial charge in [-0.05, 0) is 23.7 Å². The van der Waals surface area contributed by atoms with Gasteiger partial charge in [0, 0.05) is 24.2 Å². The average Bonchev–Trinajstić information content (AvgIpc) is 2.85. The summed E-state index contributed by atoms with van der Waals surface area (Å²) in [5.74, 6) is 1.29. The Morgan fingerprint density at radius 1 is 1.56 bits per heavy atom. The summed E-state index contributed by atoms with van der Waals surface area (Å²) in [7, 11) is 3.49. The first-order chi connectivity index (χ1) is 8.76. The monoisotopic (exact) mass is 260 g/mol. The van der Waals surface area contributed by atoms with Gasteiger partial charge in [-0.15, -0.1) is 0 Å². The Morgan fingerprint density at radius 2 is 2.39 bits per heavy atom. The third-order valence-corrected chi connectivity index (χ3v) is 3.14. The highest BCUT2D eigenvalue weighted by atomic mass is 32.1. The Morgan fingerprint density at radius 3 is 3.11 bits per heavy atom. The van der Waals surface area contributed by atoms with E-state index in [1.807, 2.05) is 17.3 Å². The number of nitriles is 1. The van der Waals surface area contributed by atoms with Gasteiger partial charge >= 0.3 is 0 Å². The second-order valence-corrected chi connectivity index (χ2v) is 4.32. The number of methoxy groups -OCH3 is 1. The fourth-order valence-electron chi connectivity index (χ4n) is 1.64. The first-order valence-corrected chi connectivity index (χ1v) is 6.13. The number of rotatable bonds is 4. The van der Waals surface area contributed by atoms with E-state index in [0.717, 1.165) is 5.56 Å². The largest absolute Gasteiger partial charge is 0.480 e. The van der Waals surface area contributed by atoms with Crippen molar-refractivity contribution in [1.29, 1.82) is 5.26 Å². The van der Waals surface area contributed by atoms with E-state index in [-0.39, 0.29) is 0 Å². The van der Waals surface area contributed by atoms with Gasteiger partial charge in [-0.3, -0.25) is 0 Å². The van der Waals surface area contributed by atoms with Gasteiger partial charge in [0.15, 0.2) is 0 Å². The molecule has 18 heavy (non-hydrogen) atoms. The molecular weight excluding hydrogens is 248 g/mol. The van der Waals surface area contributed by atoms with Crippen LogP contribution in [0.1, 0.15) is 11.1 Å². The molecule has 0 aliphatic carbocycles. The normalized spacial score (nSPS) is 9.83. The lowest BCUT2D eigenvalue weighted by Gasteiger charge is -2.18. The highest BCUT2D eigenvalue weighted by Crippen LogP contribution is 2.23. The van der Waals surface area contributed by atoms with E-state index in [0.29, 0.717) is 23.8 Å². The van der Waals surface area contributed by atoms with Gasteiger partial charge in [-0.1, -0.05) is 0 Å². The van der Waals surface area contributed by atoms with Crippen LogP contribution in [0, 0.1) is 11.3 Å². The van der Waals surface area contributed by atoms with E-state index in [1.165, 1.54) is 11.5 Å². The predicted molar refractivity (Wildman–Crippen MR) is 69.7 cm³/mol. The van der Waals surface area contributed by atoms with Gasteiger partial charge in [-0.2, -0.15) is 9.64 Å². The van der Waals surface area contributed by atoms with Crippen molar-refractivity contribution in [3.8, 4) is 11.9 Å². The molecule has 0 spiro atoms. The van der Waals surface area contributed by atoms with E-state index in [9.17, 15) is 0 Å². The molecule has 0 unspecified atom stereocenters. The predicted octanol–water partition coefficient (Wildman–Crippen LogP) is 2.05. The van der Waals surface area contributed by atoms with Crippen LogP contribution >= 0.6 is 11.5 Å². The summed E-state index contributed by atoms with van der Waals surface area (Å²) in [5, 5.41) is 11.0. The molecule has 0 fully saturated rings. The van der Waals surface area contributed by atoms with Crippen LogP contribution in [0.3, 0.4) is 0 Å². The maximum absolute atomic E-state index is 9.04. The highest BCUT2D eigenvalue weighted by molar-refractivity contribution is 7.03. The van der Waals surface area contributed by atoms with Crippen LogP contribution in [0.5, 0.6) is 5.88 Å². The number of ether oxygens (including phenoxy) is 1. The van der Waals surface area contributed by atoms with Crippen molar-refractivity contribution in [3.63, 3.8) is 0 Å². The summed E-state index contributed by atoms with van der Waals surface area (Å²) >= 11 is 1.35. The number of hydrogen-bond acceptors (Lipinski definition) is 6. The minimum Gasteiger partial charge on any atom is -0.480 e. The summed E-state index contributed by atoms with van der Waals surface area (Å²) in [6, 6.07) is 5.64. The molecule has 2 aromatic rings. The minimum atomic E-state index is 0.558. The van der Waals surface area contributed by atoms with E-state index in [1.54, 1.807) is 25.4 Å². The molecule has 0 aliphatic rings. The number of pyridine rings is 1. The zero-order valence-electron chi connectivity index (χ0n) is 10.1. The van der Waals surface area contributed by atoms with Gasteiger partial charge in [-0.25, -0.2) is 4.98 Å². The van der Waals surface area contributed by atoms with E-state index >= 15 is 0 Å². The Bertz CT molecular complexity index is 575. The zero-order chi connectivity index (χ0) is 13.0. The topological polar surface area (TPSA) is 62.0 Å². The SMILES string of the molecule is COc1nscc1CN(C)c1ncccc1C#N. The second kappa shape index (κ2) is 5.47. The van der Waals surface area contributed by atoms with Crippen LogP contribution in [-0.2, 0) is 6.54 Å². The molecule has 6 heteroatoms. The van der Waals surface area contributed by atoms with Crippen LogP contribution in [0.2, 0.25) is 0 Å². The first kappa shape index (κ1) is 12.3. The van der Waals surface area contributed by atoms with Crippen LogP contribution in [-0.4, -0.2) is 23.5 Å². The van der Waals surface area contributed by atoms with Crippen molar-refractivity contribution in [2.45, 2.75) is 6.54 Å². The molecule has 0 amide bonds. The molecule has 0 aliphatic heterocycles. The molecule has 92 valence electrons. The standard InChI is InChI=1S/C12H12N4OS/c1-16(7-10-8-18-15-12(10)17-2)11-9(6-13)4-3-5-14-11/h3-5,8H,7H2,1-2H3. The zero-order valence-corrected chi connectivity index (χ0v) is 10.9. The van der Waals surface area contributed by atoms with Crippen molar-refractivity contribution >= 4 is 17.4 Å². The Balaban J connectivity index is 2.22. The Kier molecular flexibility index (Phi) is 3.75. The second-order valence-electron chi connectivity index (χ2n) is 3.69. The molecule has 0 radical (unpaired) electrons. The molecule has 2 rings (SSSR count). The van der Waals surface area contributed by atoms with Crippen molar-refractivity contribution in [3.05, 3.63) is 34.8 Å². The molecule has 0 saturated carbocycles. The molecular formula is C12H12N4OS. The van der Waals surface area contributed by atoms with Gasteiger partial charge in [0.2, 0.25) is 5.88 Å². The molecule has 2 aromatic heterocycles. The van der Waals surface area contributed by atoms with Crippen LogP contribution < -0.4 is 9.64 Å². The molecule has 0 saturated heterocycles. The molecule has 0 N–H and O–H groups in total. The lowest BCUT2D eigenvalue weighted by atomic mass is 10.2. The smallest absolute Gasteiger partial charge is 0.229 e. The first-order valence-electron chi connectivity index (χ1n) is 5.29. The lowest BCUT2D eigenvalue weighted by Crippen LogP contribution is -2.18. The molecule has 0 atom stereocenters. The fourth-order valence-corrected chi connectivity index (χ4v) is 2.28. The van der Waals surface area contributed by atoms with Crippen LogP contribution in [0.4, 0.5) is 5.82 Å². The minimum absolute atomic E-state index is 0.558. The van der Waals surface area contributed by atoms with Crippen molar-refractivity contribution in [2.75, 3.05) is 19.1 Å². The molecule has 5 nitrogen and oxygen atoms in total. The average molecular weight is 260 g/mol. The fraction of sp³-hybridized carbons (Fsp3) is 0.250. The summed E-state index contributed by atoms with van der Waals surface area (Å²) in [6.07, 6.45) is 1.68. The Labute approximate surface area is 109 Å². The van der Waals surface area contributed by atoms with Crippen LogP contribution in [0.15, 0.2) is 23.7 Å². The van der Waals surface area contributed by atoms with Gasteiger partial charge in [0.25, 0.3) is 0 Å². The summed E-state index contributed by atoms with van der Waals surface area (Å²) in [5.41, 5.74) is 1.54. The van der Waals surface area contributed by atoms with Gasteiger partial charge < -0.3 is 9.64 Å².